The van der Waals surface area contributed by atoms with Crippen molar-refractivity contribution < 1.29 is 0 Å². The summed E-state index contributed by atoms with van der Waals surface area (Å²) in [6, 6.07) is 0. The molecule has 0 radical (unpaired) electrons. The minimum atomic E-state index is -0.0295. The van der Waals surface area contributed by atoms with Gasteiger partial charge in [-0.2, -0.15) is 4.37 Å². The van der Waals surface area contributed by atoms with Gasteiger partial charge in [0.1, 0.15) is 9.09 Å². The lowest BCUT2D eigenvalue weighted by molar-refractivity contribution is 0.844. The Morgan fingerprint density at radius 3 is 3.17 bits per heavy atom. The van der Waals surface area contributed by atoms with E-state index in [0.29, 0.717) is 10.2 Å². The Hall–Kier alpha value is -0.500. The van der Waals surface area contributed by atoms with E-state index >= 15 is 0 Å². The molecule has 0 amide bonds. The molecule has 0 N–H and O–H groups in total. The number of halogens is 1. The lowest BCUT2D eigenvalue weighted by Gasteiger charge is -1.93. The van der Waals surface area contributed by atoms with E-state index in [0.717, 1.165) is 3.70 Å². The fourth-order valence-corrected chi connectivity index (χ4v) is 2.49. The standard InChI is InChI=1S/C6H4IN3OS/c1-10-2-8-5-3(6(10)11)4(7)9-12-5/h2H,1H3. The maximum Gasteiger partial charge on any atom is 0.264 e. The van der Waals surface area contributed by atoms with Gasteiger partial charge in [-0.15, -0.1) is 0 Å². The molecule has 0 aliphatic carbocycles. The third-order valence-electron chi connectivity index (χ3n) is 1.51. The van der Waals surface area contributed by atoms with Gasteiger partial charge >= 0.3 is 0 Å². The van der Waals surface area contributed by atoms with Crippen LogP contribution in [0.25, 0.3) is 10.2 Å². The number of fused-ring (bicyclic) bond motifs is 1. The third kappa shape index (κ3) is 1.06. The lowest BCUT2D eigenvalue weighted by Crippen LogP contribution is -2.16. The smallest absolute Gasteiger partial charge is 0.264 e. The Balaban J connectivity index is 3.06. The van der Waals surface area contributed by atoms with Gasteiger partial charge in [0.25, 0.3) is 5.56 Å². The molecule has 0 aliphatic rings. The van der Waals surface area contributed by atoms with Crippen LogP contribution < -0.4 is 5.56 Å². The highest BCUT2D eigenvalue weighted by molar-refractivity contribution is 14.1. The van der Waals surface area contributed by atoms with Crippen molar-refractivity contribution in [3.63, 3.8) is 0 Å². The predicted molar refractivity (Wildman–Crippen MR) is 55.4 cm³/mol. The van der Waals surface area contributed by atoms with Crippen LogP contribution in [0.15, 0.2) is 11.1 Å². The van der Waals surface area contributed by atoms with Crippen molar-refractivity contribution in [1.82, 2.24) is 13.9 Å². The van der Waals surface area contributed by atoms with Gasteiger partial charge in [-0.3, -0.25) is 4.79 Å². The van der Waals surface area contributed by atoms with Crippen LogP contribution >= 0.6 is 34.1 Å². The molecule has 2 aromatic rings. The fourth-order valence-electron chi connectivity index (χ4n) is 0.898. The summed E-state index contributed by atoms with van der Waals surface area (Å²) in [5.41, 5.74) is -0.0295. The summed E-state index contributed by atoms with van der Waals surface area (Å²) in [6.45, 7) is 0. The van der Waals surface area contributed by atoms with Crippen molar-refractivity contribution in [1.29, 1.82) is 0 Å². The minimum absolute atomic E-state index is 0.0295. The molecule has 0 saturated heterocycles. The van der Waals surface area contributed by atoms with E-state index in [-0.39, 0.29) is 5.56 Å². The van der Waals surface area contributed by atoms with E-state index in [1.54, 1.807) is 7.05 Å². The van der Waals surface area contributed by atoms with E-state index in [4.69, 9.17) is 0 Å². The lowest BCUT2D eigenvalue weighted by atomic mass is 10.4. The predicted octanol–water partition coefficient (Wildman–Crippen LogP) is 0.995. The molecule has 0 spiro atoms. The first-order valence-electron chi connectivity index (χ1n) is 3.16. The zero-order chi connectivity index (χ0) is 8.72. The monoisotopic (exact) mass is 293 g/mol. The number of hydrogen-bond donors (Lipinski definition) is 0. The first-order valence-corrected chi connectivity index (χ1v) is 5.02. The summed E-state index contributed by atoms with van der Waals surface area (Å²) in [6.07, 6.45) is 1.51. The van der Waals surface area contributed by atoms with Gasteiger partial charge in [0, 0.05) is 7.05 Å². The van der Waals surface area contributed by atoms with Crippen molar-refractivity contribution in [2.24, 2.45) is 7.05 Å². The molecule has 2 aromatic heterocycles. The minimum Gasteiger partial charge on any atom is -0.302 e. The number of nitrogens with zero attached hydrogens (tertiary/aromatic N) is 3. The van der Waals surface area contributed by atoms with Gasteiger partial charge in [-0.05, 0) is 34.1 Å². The third-order valence-corrected chi connectivity index (χ3v) is 3.38. The Morgan fingerprint density at radius 1 is 1.67 bits per heavy atom. The van der Waals surface area contributed by atoms with Crippen LogP contribution in [0, 0.1) is 3.70 Å². The zero-order valence-electron chi connectivity index (χ0n) is 6.11. The van der Waals surface area contributed by atoms with E-state index in [1.807, 2.05) is 22.6 Å². The van der Waals surface area contributed by atoms with Crippen LogP contribution in [0.3, 0.4) is 0 Å². The molecule has 62 valence electrons. The van der Waals surface area contributed by atoms with Gasteiger partial charge in [-0.25, -0.2) is 4.98 Å². The Bertz CT molecular complexity index is 489. The van der Waals surface area contributed by atoms with Crippen LogP contribution in [-0.4, -0.2) is 13.9 Å². The van der Waals surface area contributed by atoms with Gasteiger partial charge in [0.15, 0.2) is 4.83 Å². The molecule has 2 rings (SSSR count). The highest BCUT2D eigenvalue weighted by Gasteiger charge is 2.08. The second-order valence-corrected chi connectivity index (χ2v) is 4.09. The molecule has 0 saturated carbocycles. The molecule has 2 heterocycles. The normalized spacial score (nSPS) is 10.8. The first-order chi connectivity index (χ1) is 5.70. The fraction of sp³-hybridized carbons (Fsp3) is 0.167. The Kier molecular flexibility index (Phi) is 1.87. The molecule has 12 heavy (non-hydrogen) atoms. The van der Waals surface area contributed by atoms with Crippen molar-refractivity contribution >= 4 is 44.3 Å². The van der Waals surface area contributed by atoms with Crippen LogP contribution in [0.4, 0.5) is 0 Å². The number of rotatable bonds is 0. The van der Waals surface area contributed by atoms with E-state index in [1.165, 1.54) is 22.4 Å². The van der Waals surface area contributed by atoms with E-state index < -0.39 is 0 Å². The molecule has 0 atom stereocenters. The maximum absolute atomic E-state index is 11.5. The number of aromatic nitrogens is 3. The van der Waals surface area contributed by atoms with Crippen molar-refractivity contribution in [2.75, 3.05) is 0 Å². The molecular weight excluding hydrogens is 289 g/mol. The second-order valence-electron chi connectivity index (χ2n) is 2.31. The van der Waals surface area contributed by atoms with Crippen LogP contribution in [0.2, 0.25) is 0 Å². The average Bonchev–Trinajstić information content (AvgIpc) is 2.41. The summed E-state index contributed by atoms with van der Waals surface area (Å²) in [5, 5.41) is 0.630. The molecule has 0 aromatic carbocycles. The quantitative estimate of drug-likeness (QED) is 0.681. The molecule has 0 bridgehead atoms. The SMILES string of the molecule is Cn1cnc2snc(I)c2c1=O. The molecule has 0 aliphatic heterocycles. The molecule has 0 unspecified atom stereocenters. The highest BCUT2D eigenvalue weighted by atomic mass is 127. The number of aryl methyl sites for hydroxylation is 1. The number of hydrogen-bond acceptors (Lipinski definition) is 4. The largest absolute Gasteiger partial charge is 0.302 e. The van der Waals surface area contributed by atoms with Gasteiger partial charge in [0.2, 0.25) is 0 Å². The average molecular weight is 293 g/mol. The summed E-state index contributed by atoms with van der Waals surface area (Å²) >= 11 is 3.30. The summed E-state index contributed by atoms with van der Waals surface area (Å²) < 4.78 is 6.24. The van der Waals surface area contributed by atoms with Gasteiger partial charge in [-0.1, -0.05) is 0 Å². The molecule has 4 nitrogen and oxygen atoms in total. The highest BCUT2D eigenvalue weighted by Crippen LogP contribution is 2.17. The zero-order valence-corrected chi connectivity index (χ0v) is 9.09. The van der Waals surface area contributed by atoms with Gasteiger partial charge < -0.3 is 4.57 Å². The molecule has 6 heteroatoms. The first kappa shape index (κ1) is 8.11. The molecule has 0 fully saturated rings. The van der Waals surface area contributed by atoms with Crippen LogP contribution in [0.5, 0.6) is 0 Å². The molecular formula is C6H4IN3OS. The summed E-state index contributed by atoms with van der Waals surface area (Å²) in [4.78, 5) is 16.3. The van der Waals surface area contributed by atoms with Gasteiger partial charge in [0.05, 0.1) is 6.33 Å². The van der Waals surface area contributed by atoms with E-state index in [9.17, 15) is 4.79 Å². The summed E-state index contributed by atoms with van der Waals surface area (Å²) in [5.74, 6) is 0. The maximum atomic E-state index is 11.5. The Labute approximate surface area is 85.6 Å². The van der Waals surface area contributed by atoms with Crippen LogP contribution in [-0.2, 0) is 7.05 Å². The van der Waals surface area contributed by atoms with E-state index in [2.05, 4.69) is 9.36 Å². The van der Waals surface area contributed by atoms with Crippen molar-refractivity contribution in [2.45, 2.75) is 0 Å². The van der Waals surface area contributed by atoms with Crippen LogP contribution in [0.1, 0.15) is 0 Å². The Morgan fingerprint density at radius 2 is 2.42 bits per heavy atom. The van der Waals surface area contributed by atoms with Crippen molar-refractivity contribution in [3.05, 3.63) is 20.4 Å². The topological polar surface area (TPSA) is 47.8 Å². The summed E-state index contributed by atoms with van der Waals surface area (Å²) in [7, 11) is 1.68. The van der Waals surface area contributed by atoms with Crippen molar-refractivity contribution in [3.8, 4) is 0 Å². The second kappa shape index (κ2) is 2.77.